The number of piperidine rings is 1. The highest BCUT2D eigenvalue weighted by Crippen LogP contribution is 2.45. The summed E-state index contributed by atoms with van der Waals surface area (Å²) >= 11 is 0. The zero-order chi connectivity index (χ0) is 26.6. The molecule has 6 rings (SSSR count). The molecule has 2 aliphatic rings. The van der Waals surface area contributed by atoms with Gasteiger partial charge in [-0.1, -0.05) is 12.1 Å². The standard InChI is InChI=1S/C28H33N7O2S/c1-16-14-22-23(15-20(16)19-10-12-34(4)13-11-19)37-18(3)35(22)28-30-26(25-17(2)32-33-27(25)31-28)29-21-8-6-7-9-24(21)38(5)36/h6-9,14-15,18-19H,10-13H2,1-5H3,(H2,29,30,31,32,33). The smallest absolute Gasteiger partial charge is 0.237 e. The van der Waals surface area contributed by atoms with E-state index in [-0.39, 0.29) is 6.23 Å². The first-order valence-corrected chi connectivity index (χ1v) is 14.6. The van der Waals surface area contributed by atoms with Gasteiger partial charge in [-0.15, -0.1) is 0 Å². The number of H-pyrrole nitrogens is 1. The normalized spacial score (nSPS) is 19.0. The van der Waals surface area contributed by atoms with Gasteiger partial charge in [0.15, 0.2) is 11.9 Å². The van der Waals surface area contributed by atoms with Crippen LogP contribution in [-0.4, -0.2) is 61.9 Å². The van der Waals surface area contributed by atoms with Crippen LogP contribution in [0.1, 0.15) is 42.5 Å². The van der Waals surface area contributed by atoms with Gasteiger partial charge < -0.3 is 15.0 Å². The second-order valence-electron chi connectivity index (χ2n) is 10.3. The van der Waals surface area contributed by atoms with Crippen molar-refractivity contribution in [1.29, 1.82) is 0 Å². The van der Waals surface area contributed by atoms with Crippen LogP contribution in [0.2, 0.25) is 0 Å². The number of para-hydroxylation sites is 1. The van der Waals surface area contributed by atoms with E-state index in [1.807, 2.05) is 43.0 Å². The molecule has 2 unspecified atom stereocenters. The molecule has 0 spiro atoms. The number of hydrogen-bond acceptors (Lipinski definition) is 8. The lowest BCUT2D eigenvalue weighted by Crippen LogP contribution is -2.29. The Kier molecular flexibility index (Phi) is 6.31. The Labute approximate surface area is 225 Å². The third-order valence-corrected chi connectivity index (χ3v) is 8.65. The van der Waals surface area contributed by atoms with Crippen molar-refractivity contribution in [3.05, 3.63) is 53.2 Å². The lowest BCUT2D eigenvalue weighted by atomic mass is 9.86. The van der Waals surface area contributed by atoms with Gasteiger partial charge in [-0.05, 0) is 95.1 Å². The maximum atomic E-state index is 12.4. The van der Waals surface area contributed by atoms with E-state index in [4.69, 9.17) is 14.7 Å². The van der Waals surface area contributed by atoms with Crippen LogP contribution in [0.25, 0.3) is 11.0 Å². The lowest BCUT2D eigenvalue weighted by Gasteiger charge is -2.30. The molecular formula is C28H33N7O2S. The third kappa shape index (κ3) is 4.31. The predicted molar refractivity (Wildman–Crippen MR) is 151 cm³/mol. The first-order valence-electron chi connectivity index (χ1n) is 13.0. The van der Waals surface area contributed by atoms with Gasteiger partial charge in [0.2, 0.25) is 5.95 Å². The van der Waals surface area contributed by atoms with Crippen LogP contribution in [0, 0.1) is 13.8 Å². The minimum absolute atomic E-state index is 0.280. The van der Waals surface area contributed by atoms with E-state index in [2.05, 4.69) is 46.5 Å². The number of fused-ring (bicyclic) bond motifs is 2. The van der Waals surface area contributed by atoms with Crippen LogP contribution in [0.3, 0.4) is 0 Å². The molecular weight excluding hydrogens is 498 g/mol. The zero-order valence-electron chi connectivity index (χ0n) is 22.4. The largest absolute Gasteiger partial charge is 0.468 e. The van der Waals surface area contributed by atoms with Gasteiger partial charge in [0.1, 0.15) is 11.6 Å². The molecule has 0 amide bonds. The number of ether oxygens (including phenoxy) is 1. The number of aromatic amines is 1. The average Bonchev–Trinajstić information content (AvgIpc) is 3.42. The van der Waals surface area contributed by atoms with Gasteiger partial charge in [0, 0.05) is 11.9 Å². The first-order chi connectivity index (χ1) is 18.3. The number of aromatic nitrogens is 4. The summed E-state index contributed by atoms with van der Waals surface area (Å²) in [5.74, 6) is 2.51. The summed E-state index contributed by atoms with van der Waals surface area (Å²) in [5.41, 5.74) is 5.75. The van der Waals surface area contributed by atoms with Gasteiger partial charge in [-0.3, -0.25) is 14.2 Å². The van der Waals surface area contributed by atoms with E-state index in [1.54, 1.807) is 6.26 Å². The number of likely N-dealkylation sites (tertiary alicyclic amines) is 1. The Balaban J connectivity index is 1.41. The summed E-state index contributed by atoms with van der Waals surface area (Å²) < 4.78 is 18.7. The van der Waals surface area contributed by atoms with Gasteiger partial charge >= 0.3 is 0 Å². The molecule has 4 aromatic rings. The summed E-state index contributed by atoms with van der Waals surface area (Å²) in [5, 5.41) is 11.7. The minimum Gasteiger partial charge on any atom is -0.468 e. The first kappa shape index (κ1) is 24.8. The van der Waals surface area contributed by atoms with Crippen molar-refractivity contribution in [1.82, 2.24) is 25.1 Å². The molecule has 2 aliphatic heterocycles. The van der Waals surface area contributed by atoms with Gasteiger partial charge in [0.05, 0.1) is 32.5 Å². The Morgan fingerprint density at radius 3 is 2.66 bits per heavy atom. The van der Waals surface area contributed by atoms with E-state index in [0.29, 0.717) is 28.2 Å². The molecule has 0 saturated carbocycles. The maximum absolute atomic E-state index is 12.4. The van der Waals surface area contributed by atoms with Crippen LogP contribution in [0.5, 0.6) is 5.75 Å². The SMILES string of the molecule is Cc1cc2c(cc1C1CCN(C)CC1)OC(C)N2c1nc(Nc2ccccc2S(C)=O)c2c(C)[nH]nc2n1. The lowest BCUT2D eigenvalue weighted by molar-refractivity contribution is 0.249. The molecule has 9 nitrogen and oxygen atoms in total. The topological polar surface area (TPSA) is 99.3 Å². The number of nitrogens with zero attached hydrogens (tertiary/aromatic N) is 5. The van der Waals surface area contributed by atoms with E-state index in [9.17, 15) is 4.21 Å². The monoisotopic (exact) mass is 531 g/mol. The number of aryl methyl sites for hydroxylation is 2. The number of benzene rings is 2. The van der Waals surface area contributed by atoms with Crippen LogP contribution in [0.4, 0.5) is 23.1 Å². The third-order valence-electron chi connectivity index (χ3n) is 7.67. The number of nitrogens with one attached hydrogen (secondary N) is 2. The fourth-order valence-electron chi connectivity index (χ4n) is 5.64. The van der Waals surface area contributed by atoms with Crippen molar-refractivity contribution in [2.75, 3.05) is 36.6 Å². The van der Waals surface area contributed by atoms with Gasteiger partial charge in [-0.25, -0.2) is 0 Å². The number of anilines is 4. The molecule has 2 atom stereocenters. The molecule has 1 fully saturated rings. The second-order valence-corrected chi connectivity index (χ2v) is 11.7. The highest BCUT2D eigenvalue weighted by Gasteiger charge is 2.34. The van der Waals surface area contributed by atoms with Crippen molar-refractivity contribution in [2.24, 2.45) is 0 Å². The summed E-state index contributed by atoms with van der Waals surface area (Å²) in [6.07, 6.45) is 3.71. The van der Waals surface area contributed by atoms with Crippen LogP contribution in [0.15, 0.2) is 41.3 Å². The van der Waals surface area contributed by atoms with Crippen LogP contribution < -0.4 is 15.0 Å². The van der Waals surface area contributed by atoms with Gasteiger partial charge in [-0.2, -0.15) is 15.1 Å². The Morgan fingerprint density at radius 1 is 1.13 bits per heavy atom. The zero-order valence-corrected chi connectivity index (χ0v) is 23.2. The molecule has 0 radical (unpaired) electrons. The molecule has 2 N–H and O–H groups in total. The summed E-state index contributed by atoms with van der Waals surface area (Å²) in [7, 11) is 1.03. The van der Waals surface area contributed by atoms with E-state index in [0.717, 1.165) is 54.1 Å². The molecule has 198 valence electrons. The van der Waals surface area contributed by atoms with Crippen molar-refractivity contribution in [2.45, 2.75) is 50.7 Å². The highest BCUT2D eigenvalue weighted by molar-refractivity contribution is 7.84. The number of hydrogen-bond donors (Lipinski definition) is 2. The fraction of sp³-hybridized carbons (Fsp3) is 0.393. The van der Waals surface area contributed by atoms with Crippen molar-refractivity contribution >= 4 is 45.0 Å². The quantitative estimate of drug-likeness (QED) is 0.365. The van der Waals surface area contributed by atoms with Crippen molar-refractivity contribution in [3.63, 3.8) is 0 Å². The number of rotatable bonds is 5. The van der Waals surface area contributed by atoms with E-state index >= 15 is 0 Å². The molecule has 2 aromatic carbocycles. The van der Waals surface area contributed by atoms with Crippen molar-refractivity contribution in [3.8, 4) is 5.75 Å². The second kappa shape index (κ2) is 9.67. The molecule has 38 heavy (non-hydrogen) atoms. The van der Waals surface area contributed by atoms with E-state index in [1.165, 1.54) is 11.1 Å². The van der Waals surface area contributed by atoms with Crippen LogP contribution >= 0.6 is 0 Å². The van der Waals surface area contributed by atoms with Crippen LogP contribution in [-0.2, 0) is 10.8 Å². The Morgan fingerprint density at radius 2 is 1.89 bits per heavy atom. The molecule has 2 aromatic heterocycles. The summed E-state index contributed by atoms with van der Waals surface area (Å²) in [6.45, 7) is 8.37. The maximum Gasteiger partial charge on any atom is 0.237 e. The molecule has 0 bridgehead atoms. The fourth-order valence-corrected chi connectivity index (χ4v) is 6.33. The minimum atomic E-state index is -1.16. The van der Waals surface area contributed by atoms with Gasteiger partial charge in [0.25, 0.3) is 0 Å². The molecule has 0 aliphatic carbocycles. The van der Waals surface area contributed by atoms with E-state index < -0.39 is 10.8 Å². The summed E-state index contributed by atoms with van der Waals surface area (Å²) in [6, 6.07) is 12.0. The summed E-state index contributed by atoms with van der Waals surface area (Å²) in [4.78, 5) is 14.9. The molecule has 1 saturated heterocycles. The van der Waals surface area contributed by atoms with Crippen molar-refractivity contribution < 1.29 is 8.95 Å². The predicted octanol–water partition coefficient (Wildman–Crippen LogP) is 5.14. The molecule has 4 heterocycles. The Bertz CT molecular complexity index is 1540. The average molecular weight is 532 g/mol. The Hall–Kier alpha value is -3.50. The molecule has 10 heteroatoms. The highest BCUT2D eigenvalue weighted by atomic mass is 32.2.